The molecule has 2 rings (SSSR count). The number of ether oxygens (including phenoxy) is 1. The first-order valence-corrected chi connectivity index (χ1v) is 8.21. The minimum atomic E-state index is 0.134. The second-order valence-electron chi connectivity index (χ2n) is 5.04. The van der Waals surface area contributed by atoms with Gasteiger partial charge in [0.1, 0.15) is 0 Å². The quantitative estimate of drug-likeness (QED) is 0.818. The third-order valence-electron chi connectivity index (χ3n) is 3.44. The summed E-state index contributed by atoms with van der Waals surface area (Å²) in [6.45, 7) is 6.30. The van der Waals surface area contributed by atoms with Crippen molar-refractivity contribution in [3.05, 3.63) is 21.9 Å². The first-order valence-electron chi connectivity index (χ1n) is 7.33. The summed E-state index contributed by atoms with van der Waals surface area (Å²) in [5, 5.41) is 10.8. The minimum Gasteiger partial charge on any atom is -0.395 e. The van der Waals surface area contributed by atoms with Crippen LogP contribution in [0.4, 0.5) is 0 Å². The second-order valence-corrected chi connectivity index (χ2v) is 6.04. The lowest BCUT2D eigenvalue weighted by atomic mass is 10.2. The lowest BCUT2D eigenvalue weighted by Crippen LogP contribution is -2.31. The van der Waals surface area contributed by atoms with Crippen LogP contribution in [0, 0.1) is 11.8 Å². The Kier molecular flexibility index (Phi) is 6.55. The molecule has 0 spiro atoms. The van der Waals surface area contributed by atoms with Gasteiger partial charge in [-0.25, -0.2) is 0 Å². The Balaban J connectivity index is 1.85. The second kappa shape index (κ2) is 8.43. The zero-order valence-electron chi connectivity index (χ0n) is 12.1. The van der Waals surface area contributed by atoms with Gasteiger partial charge in [-0.15, -0.1) is 11.3 Å². The van der Waals surface area contributed by atoms with E-state index in [-0.39, 0.29) is 6.61 Å². The van der Waals surface area contributed by atoms with Gasteiger partial charge in [0, 0.05) is 41.9 Å². The standard InChI is InChI=1S/C16H23NO2S/c1-2-17(11-15-7-5-9-19-15)12-16-10-14(13-20-16)6-3-4-8-18/h10,13,15,18H,2,4-5,7-9,11-12H2,1H3. The molecule has 1 aromatic heterocycles. The first-order chi connectivity index (χ1) is 9.81. The predicted molar refractivity (Wildman–Crippen MR) is 82.8 cm³/mol. The van der Waals surface area contributed by atoms with Crippen LogP contribution in [0.2, 0.25) is 0 Å². The molecule has 2 heterocycles. The van der Waals surface area contributed by atoms with Gasteiger partial charge in [-0.2, -0.15) is 0 Å². The minimum absolute atomic E-state index is 0.134. The zero-order chi connectivity index (χ0) is 14.2. The van der Waals surface area contributed by atoms with Gasteiger partial charge in [-0.1, -0.05) is 18.8 Å². The van der Waals surface area contributed by atoms with Crippen LogP contribution in [0.3, 0.4) is 0 Å². The Morgan fingerprint density at radius 1 is 1.55 bits per heavy atom. The summed E-state index contributed by atoms with van der Waals surface area (Å²) in [5.41, 5.74) is 1.06. The van der Waals surface area contributed by atoms with Crippen molar-refractivity contribution in [2.45, 2.75) is 38.8 Å². The van der Waals surface area contributed by atoms with Crippen LogP contribution in [0.25, 0.3) is 0 Å². The van der Waals surface area contributed by atoms with Gasteiger partial charge >= 0.3 is 0 Å². The van der Waals surface area contributed by atoms with Gasteiger partial charge in [0.05, 0.1) is 12.7 Å². The third kappa shape index (κ3) is 4.92. The molecule has 1 saturated heterocycles. The molecular formula is C16H23NO2S. The number of thiophene rings is 1. The van der Waals surface area contributed by atoms with Crippen LogP contribution in [0.1, 0.15) is 36.6 Å². The van der Waals surface area contributed by atoms with Crippen LogP contribution in [0.15, 0.2) is 11.4 Å². The molecule has 3 nitrogen and oxygen atoms in total. The monoisotopic (exact) mass is 293 g/mol. The lowest BCUT2D eigenvalue weighted by molar-refractivity contribution is 0.0728. The van der Waals surface area contributed by atoms with Crippen LogP contribution in [-0.4, -0.2) is 42.4 Å². The van der Waals surface area contributed by atoms with E-state index in [1.54, 1.807) is 11.3 Å². The summed E-state index contributed by atoms with van der Waals surface area (Å²) in [5.74, 6) is 6.05. The molecule has 1 N–H and O–H groups in total. The summed E-state index contributed by atoms with van der Waals surface area (Å²) in [7, 11) is 0. The fourth-order valence-corrected chi connectivity index (χ4v) is 3.21. The average Bonchev–Trinajstić information content (AvgIpc) is 3.10. The molecular weight excluding hydrogens is 270 g/mol. The molecule has 0 radical (unpaired) electrons. The van der Waals surface area contributed by atoms with E-state index in [4.69, 9.17) is 9.84 Å². The van der Waals surface area contributed by atoms with Crippen molar-refractivity contribution >= 4 is 11.3 Å². The Morgan fingerprint density at radius 2 is 2.45 bits per heavy atom. The Morgan fingerprint density at radius 3 is 3.15 bits per heavy atom. The third-order valence-corrected chi connectivity index (χ3v) is 4.36. The smallest absolute Gasteiger partial charge is 0.0702 e. The van der Waals surface area contributed by atoms with Gasteiger partial charge in [0.15, 0.2) is 0 Å². The molecule has 0 amide bonds. The summed E-state index contributed by atoms with van der Waals surface area (Å²) in [6, 6.07) is 2.16. The maximum atomic E-state index is 8.72. The number of aliphatic hydroxyl groups excluding tert-OH is 1. The maximum Gasteiger partial charge on any atom is 0.0702 e. The van der Waals surface area contributed by atoms with E-state index < -0.39 is 0 Å². The summed E-state index contributed by atoms with van der Waals surface area (Å²) < 4.78 is 5.71. The van der Waals surface area contributed by atoms with Crippen LogP contribution < -0.4 is 0 Å². The molecule has 1 unspecified atom stereocenters. The van der Waals surface area contributed by atoms with E-state index in [1.165, 1.54) is 17.7 Å². The normalized spacial score (nSPS) is 18.2. The highest BCUT2D eigenvalue weighted by molar-refractivity contribution is 7.10. The van der Waals surface area contributed by atoms with E-state index in [0.29, 0.717) is 12.5 Å². The molecule has 1 aliphatic rings. The first kappa shape index (κ1) is 15.5. The number of aliphatic hydroxyl groups is 1. The number of rotatable bonds is 6. The Labute approximate surface area is 125 Å². The van der Waals surface area contributed by atoms with Gasteiger partial charge in [0.25, 0.3) is 0 Å². The van der Waals surface area contributed by atoms with Gasteiger partial charge in [0.2, 0.25) is 0 Å². The van der Waals surface area contributed by atoms with Gasteiger partial charge in [-0.3, -0.25) is 4.90 Å². The molecule has 0 aliphatic carbocycles. The van der Waals surface area contributed by atoms with Crippen LogP contribution in [0.5, 0.6) is 0 Å². The highest BCUT2D eigenvalue weighted by Crippen LogP contribution is 2.18. The number of hydrogen-bond acceptors (Lipinski definition) is 4. The fraction of sp³-hybridized carbons (Fsp3) is 0.625. The van der Waals surface area contributed by atoms with E-state index >= 15 is 0 Å². The van der Waals surface area contributed by atoms with Gasteiger partial charge < -0.3 is 9.84 Å². The maximum absolute atomic E-state index is 8.72. The molecule has 0 saturated carbocycles. The van der Waals surface area contributed by atoms with E-state index in [2.05, 4.69) is 35.1 Å². The van der Waals surface area contributed by atoms with Crippen molar-refractivity contribution in [3.8, 4) is 11.8 Å². The molecule has 0 aromatic carbocycles. The summed E-state index contributed by atoms with van der Waals surface area (Å²) >= 11 is 1.76. The highest BCUT2D eigenvalue weighted by atomic mass is 32.1. The van der Waals surface area contributed by atoms with Crippen molar-refractivity contribution in [1.29, 1.82) is 0 Å². The lowest BCUT2D eigenvalue weighted by Gasteiger charge is -2.22. The molecule has 4 heteroatoms. The Hall–Kier alpha value is -0.860. The number of likely N-dealkylation sites (N-methyl/N-ethyl adjacent to an activating group) is 1. The van der Waals surface area contributed by atoms with Crippen molar-refractivity contribution in [2.75, 3.05) is 26.3 Å². The van der Waals surface area contributed by atoms with Crippen LogP contribution >= 0.6 is 11.3 Å². The number of hydrogen-bond donors (Lipinski definition) is 1. The predicted octanol–water partition coefficient (Wildman–Crippen LogP) is 2.48. The van der Waals surface area contributed by atoms with Crippen molar-refractivity contribution < 1.29 is 9.84 Å². The van der Waals surface area contributed by atoms with E-state index in [1.807, 2.05) is 0 Å². The van der Waals surface area contributed by atoms with Crippen molar-refractivity contribution in [2.24, 2.45) is 0 Å². The highest BCUT2D eigenvalue weighted by Gasteiger charge is 2.18. The molecule has 1 aliphatic heterocycles. The SMILES string of the molecule is CCN(Cc1cc(C#CCCO)cs1)CC1CCCO1. The molecule has 110 valence electrons. The molecule has 20 heavy (non-hydrogen) atoms. The average molecular weight is 293 g/mol. The molecule has 0 bridgehead atoms. The topological polar surface area (TPSA) is 32.7 Å². The Bertz CT molecular complexity index is 455. The van der Waals surface area contributed by atoms with E-state index in [9.17, 15) is 0 Å². The molecule has 1 atom stereocenters. The zero-order valence-corrected chi connectivity index (χ0v) is 12.9. The fourth-order valence-electron chi connectivity index (χ4n) is 2.35. The number of nitrogens with zero attached hydrogens (tertiary/aromatic N) is 1. The van der Waals surface area contributed by atoms with E-state index in [0.717, 1.165) is 31.8 Å². The molecule has 1 fully saturated rings. The van der Waals surface area contributed by atoms with Gasteiger partial charge in [-0.05, 0) is 25.5 Å². The largest absolute Gasteiger partial charge is 0.395 e. The van der Waals surface area contributed by atoms with Crippen molar-refractivity contribution in [1.82, 2.24) is 4.90 Å². The summed E-state index contributed by atoms with van der Waals surface area (Å²) in [6.07, 6.45) is 3.36. The van der Waals surface area contributed by atoms with Crippen LogP contribution in [-0.2, 0) is 11.3 Å². The van der Waals surface area contributed by atoms with Crippen molar-refractivity contribution in [3.63, 3.8) is 0 Å². The molecule has 1 aromatic rings. The summed E-state index contributed by atoms with van der Waals surface area (Å²) in [4.78, 5) is 3.78.